The van der Waals surface area contributed by atoms with Gasteiger partial charge >= 0.3 is 17.9 Å². The molecule has 0 radical (unpaired) electrons. The Hall–Kier alpha value is -1.70. The monoisotopic (exact) mass is 357 g/mol. The van der Waals surface area contributed by atoms with Crippen LogP contribution in [-0.2, 0) is 14.3 Å². The lowest BCUT2D eigenvalue weighted by Crippen LogP contribution is -2.47. The van der Waals surface area contributed by atoms with Crippen molar-refractivity contribution in [3.8, 4) is 6.01 Å². The van der Waals surface area contributed by atoms with E-state index in [-0.39, 0.29) is 18.7 Å². The first kappa shape index (κ1) is 15.7. The molecule has 1 saturated heterocycles. The first-order valence-electron chi connectivity index (χ1n) is 6.70. The number of hydrogen-bond donors (Lipinski definition) is 0. The molecule has 1 unspecified atom stereocenters. The maximum Gasteiger partial charge on any atom is 0.397 e. The summed E-state index contributed by atoms with van der Waals surface area (Å²) in [5.41, 5.74) is 0. The molecule has 0 N–H and O–H groups in total. The predicted molar refractivity (Wildman–Crippen MR) is 76.6 cm³/mol. The molecule has 2 heterocycles. The molecule has 0 saturated carbocycles. The summed E-state index contributed by atoms with van der Waals surface area (Å²) in [5, 5.41) is 0. The van der Waals surface area contributed by atoms with Crippen molar-refractivity contribution in [2.45, 2.75) is 25.9 Å². The minimum atomic E-state index is -0.821. The van der Waals surface area contributed by atoms with E-state index in [4.69, 9.17) is 9.47 Å². The smallest absolute Gasteiger partial charge is 0.397 e. The van der Waals surface area contributed by atoms with Gasteiger partial charge in [0.05, 0.1) is 17.6 Å². The van der Waals surface area contributed by atoms with Crippen LogP contribution in [-0.4, -0.2) is 52.5 Å². The highest BCUT2D eigenvalue weighted by Gasteiger charge is 2.29. The zero-order valence-electron chi connectivity index (χ0n) is 11.6. The Kier molecular flexibility index (Phi) is 5.49. The molecule has 1 amide bonds. The van der Waals surface area contributed by atoms with E-state index >= 15 is 0 Å². The van der Waals surface area contributed by atoms with Crippen LogP contribution >= 0.6 is 15.9 Å². The van der Waals surface area contributed by atoms with Gasteiger partial charge in [0.2, 0.25) is 0 Å². The molecule has 114 valence electrons. The number of likely N-dealkylation sites (tertiary alicyclic amines) is 1. The molecule has 1 aliphatic rings. The minimum absolute atomic E-state index is 0.186. The van der Waals surface area contributed by atoms with E-state index in [0.29, 0.717) is 13.1 Å². The molecule has 0 spiro atoms. The molecule has 0 aliphatic carbocycles. The molecule has 8 heteroatoms. The molecule has 1 atom stereocenters. The third kappa shape index (κ3) is 4.38. The van der Waals surface area contributed by atoms with Crippen molar-refractivity contribution in [3.05, 3.63) is 16.9 Å². The van der Waals surface area contributed by atoms with Crippen molar-refractivity contribution in [2.75, 3.05) is 19.7 Å². The van der Waals surface area contributed by atoms with Crippen molar-refractivity contribution in [1.29, 1.82) is 0 Å². The van der Waals surface area contributed by atoms with E-state index < -0.39 is 11.9 Å². The fraction of sp³-hybridized carbons (Fsp3) is 0.538. The molecule has 1 aromatic rings. The molecule has 7 nitrogen and oxygen atoms in total. The summed E-state index contributed by atoms with van der Waals surface area (Å²) in [6, 6.07) is 0.258. The summed E-state index contributed by atoms with van der Waals surface area (Å²) in [7, 11) is 0. The zero-order chi connectivity index (χ0) is 15.2. The van der Waals surface area contributed by atoms with Gasteiger partial charge in [-0.25, -0.2) is 14.8 Å². The van der Waals surface area contributed by atoms with Crippen molar-refractivity contribution >= 4 is 27.8 Å². The summed E-state index contributed by atoms with van der Waals surface area (Å²) >= 11 is 3.25. The number of carbonyl (C=O) groups is 2. The van der Waals surface area contributed by atoms with Gasteiger partial charge < -0.3 is 14.4 Å². The maximum absolute atomic E-state index is 11.9. The molecule has 2 rings (SSSR count). The zero-order valence-corrected chi connectivity index (χ0v) is 13.2. The van der Waals surface area contributed by atoms with Gasteiger partial charge in [-0.3, -0.25) is 4.79 Å². The van der Waals surface area contributed by atoms with Crippen LogP contribution in [0.4, 0.5) is 0 Å². The second kappa shape index (κ2) is 7.35. The Morgan fingerprint density at radius 2 is 2.14 bits per heavy atom. The Bertz CT molecular complexity index is 509. The lowest BCUT2D eigenvalue weighted by atomic mass is 10.1. The van der Waals surface area contributed by atoms with Crippen LogP contribution in [0.5, 0.6) is 6.01 Å². The lowest BCUT2D eigenvalue weighted by molar-refractivity contribution is -0.161. The molecule has 1 fully saturated rings. The third-order valence-electron chi connectivity index (χ3n) is 2.98. The summed E-state index contributed by atoms with van der Waals surface area (Å²) in [5.74, 6) is -1.44. The number of halogens is 1. The number of nitrogens with zero attached hydrogens (tertiary/aromatic N) is 3. The largest absolute Gasteiger partial charge is 0.459 e. The summed E-state index contributed by atoms with van der Waals surface area (Å²) in [6.07, 6.45) is 4.50. The highest BCUT2D eigenvalue weighted by atomic mass is 79.9. The average molecular weight is 358 g/mol. The summed E-state index contributed by atoms with van der Waals surface area (Å²) in [4.78, 5) is 32.9. The number of carbonyl (C=O) groups excluding carboxylic acids is 2. The number of hydrogen-bond acceptors (Lipinski definition) is 6. The molecule has 1 aliphatic heterocycles. The molecule has 21 heavy (non-hydrogen) atoms. The molecular weight excluding hydrogens is 342 g/mol. The van der Waals surface area contributed by atoms with Crippen molar-refractivity contribution in [2.24, 2.45) is 0 Å². The Balaban J connectivity index is 1.92. The highest BCUT2D eigenvalue weighted by Crippen LogP contribution is 2.16. The fourth-order valence-electron chi connectivity index (χ4n) is 2.05. The number of rotatable bonds is 3. The lowest BCUT2D eigenvalue weighted by Gasteiger charge is -2.31. The fourth-order valence-corrected chi connectivity index (χ4v) is 2.26. The summed E-state index contributed by atoms with van der Waals surface area (Å²) < 4.78 is 11.1. The van der Waals surface area contributed by atoms with E-state index in [1.165, 1.54) is 4.90 Å². The van der Waals surface area contributed by atoms with Crippen LogP contribution in [0.25, 0.3) is 0 Å². The van der Waals surface area contributed by atoms with Crippen LogP contribution < -0.4 is 4.74 Å². The van der Waals surface area contributed by atoms with E-state index in [2.05, 4.69) is 25.9 Å². The molecule has 0 aromatic carbocycles. The van der Waals surface area contributed by atoms with Crippen molar-refractivity contribution in [3.63, 3.8) is 0 Å². The second-order valence-corrected chi connectivity index (χ2v) is 5.45. The summed E-state index contributed by atoms with van der Waals surface area (Å²) in [6.45, 7) is 2.71. The van der Waals surface area contributed by atoms with Crippen molar-refractivity contribution < 1.29 is 19.1 Å². The van der Waals surface area contributed by atoms with Crippen LogP contribution in [0.1, 0.15) is 19.8 Å². The number of ether oxygens (including phenoxy) is 2. The third-order valence-corrected chi connectivity index (χ3v) is 3.39. The molecule has 1 aromatic heterocycles. The number of amides is 1. The number of piperidine rings is 1. The second-order valence-electron chi connectivity index (χ2n) is 4.54. The van der Waals surface area contributed by atoms with Crippen molar-refractivity contribution in [1.82, 2.24) is 14.9 Å². The highest BCUT2D eigenvalue weighted by molar-refractivity contribution is 9.10. The van der Waals surface area contributed by atoms with Crippen LogP contribution in [0.3, 0.4) is 0 Å². The average Bonchev–Trinajstić information content (AvgIpc) is 2.49. The SMILES string of the molecule is CCOC(=O)C(=O)N1CCCC(Oc2ncc(Br)cn2)C1. The first-order chi connectivity index (χ1) is 10.1. The van der Waals surface area contributed by atoms with Gasteiger partial charge in [-0.1, -0.05) is 0 Å². The first-order valence-corrected chi connectivity index (χ1v) is 7.49. The van der Waals surface area contributed by atoms with Gasteiger partial charge in [0.25, 0.3) is 0 Å². The van der Waals surface area contributed by atoms with Gasteiger partial charge in [0, 0.05) is 18.9 Å². The van der Waals surface area contributed by atoms with E-state index in [0.717, 1.165) is 17.3 Å². The normalized spacial score (nSPS) is 18.2. The van der Waals surface area contributed by atoms with Gasteiger partial charge in [-0.2, -0.15) is 0 Å². The maximum atomic E-state index is 11.9. The quantitative estimate of drug-likeness (QED) is 0.596. The molecular formula is C13H16BrN3O4. The minimum Gasteiger partial charge on any atom is -0.459 e. The van der Waals surface area contributed by atoms with Gasteiger partial charge in [-0.05, 0) is 35.7 Å². The van der Waals surface area contributed by atoms with Gasteiger partial charge in [0.1, 0.15) is 6.10 Å². The topological polar surface area (TPSA) is 81.6 Å². The van der Waals surface area contributed by atoms with Crippen LogP contribution in [0.15, 0.2) is 16.9 Å². The standard InChI is InChI=1S/C13H16BrN3O4/c1-2-20-12(19)11(18)17-5-3-4-10(8-17)21-13-15-6-9(14)7-16-13/h6-7,10H,2-5,8H2,1H3. The number of esters is 1. The van der Waals surface area contributed by atoms with Gasteiger partial charge in [0.15, 0.2) is 0 Å². The van der Waals surface area contributed by atoms with Crippen LogP contribution in [0.2, 0.25) is 0 Å². The van der Waals surface area contributed by atoms with E-state index in [1.54, 1.807) is 19.3 Å². The predicted octanol–water partition coefficient (Wildman–Crippen LogP) is 1.17. The Morgan fingerprint density at radius 1 is 1.43 bits per heavy atom. The van der Waals surface area contributed by atoms with E-state index in [9.17, 15) is 9.59 Å². The Labute approximate surface area is 130 Å². The van der Waals surface area contributed by atoms with Gasteiger partial charge in [-0.15, -0.1) is 0 Å². The van der Waals surface area contributed by atoms with E-state index in [1.807, 2.05) is 0 Å². The Morgan fingerprint density at radius 3 is 2.81 bits per heavy atom. The number of aromatic nitrogens is 2. The molecule has 0 bridgehead atoms. The van der Waals surface area contributed by atoms with Crippen LogP contribution in [0, 0.1) is 0 Å².